The lowest BCUT2D eigenvalue weighted by Gasteiger charge is -2.46. The highest BCUT2D eigenvalue weighted by atomic mass is 35.5. The van der Waals surface area contributed by atoms with Crippen molar-refractivity contribution >= 4 is 40.7 Å². The standard InChI is InChI=1S/C32H37ClN6O5/c1-32(2,3)44-31(42)38-8-9-43-17-26(38)22-11-20(25-14-35-29-28(36-25)24(33)13-34-29)10-18-6-7-37(16-23(18)22)30(41)39-15-19-4-5-21(39)12-27(19)40/h10-11,13-14,19,21,26H,4-9,12,15-17H2,1-3H3,(H,34,35). The summed E-state index contributed by atoms with van der Waals surface area (Å²) in [4.78, 5) is 57.6. The monoisotopic (exact) mass is 620 g/mol. The van der Waals surface area contributed by atoms with Crippen LogP contribution in [-0.2, 0) is 27.2 Å². The number of benzene rings is 1. The lowest BCUT2D eigenvalue weighted by Crippen LogP contribution is -2.58. The van der Waals surface area contributed by atoms with Gasteiger partial charge in [-0.05, 0) is 68.9 Å². The lowest BCUT2D eigenvalue weighted by atomic mass is 9.79. The van der Waals surface area contributed by atoms with Gasteiger partial charge in [-0.1, -0.05) is 11.6 Å². The van der Waals surface area contributed by atoms with Crippen LogP contribution in [0.3, 0.4) is 0 Å². The molecule has 4 aliphatic heterocycles. The van der Waals surface area contributed by atoms with Gasteiger partial charge in [-0.25, -0.2) is 19.6 Å². The first kappa shape index (κ1) is 29.0. The number of fused-ring (bicyclic) bond motifs is 5. The van der Waals surface area contributed by atoms with Crippen LogP contribution in [0.15, 0.2) is 24.5 Å². The molecule has 8 rings (SSSR count). The molecule has 2 aromatic heterocycles. The molecule has 1 aromatic carbocycles. The van der Waals surface area contributed by atoms with Crippen LogP contribution in [0.1, 0.15) is 62.8 Å². The van der Waals surface area contributed by atoms with Gasteiger partial charge in [0.15, 0.2) is 5.65 Å². The maximum atomic E-state index is 13.9. The fraction of sp³-hybridized carbons (Fsp3) is 0.531. The number of H-pyrrole nitrogens is 1. The summed E-state index contributed by atoms with van der Waals surface area (Å²) in [7, 11) is 0. The van der Waals surface area contributed by atoms with Crippen molar-refractivity contribution in [3.05, 3.63) is 46.2 Å². The van der Waals surface area contributed by atoms with E-state index in [1.165, 1.54) is 0 Å². The number of Topliss-reactive ketones (excluding diaryl/α,β-unsaturated/α-hetero) is 1. The summed E-state index contributed by atoms with van der Waals surface area (Å²) in [6.07, 6.45) is 5.83. The maximum Gasteiger partial charge on any atom is 0.410 e. The van der Waals surface area contributed by atoms with E-state index < -0.39 is 17.7 Å². The number of ether oxygens (including phenoxy) is 2. The lowest BCUT2D eigenvalue weighted by molar-refractivity contribution is -0.131. The number of nitrogens with zero attached hydrogens (tertiary/aromatic N) is 5. The van der Waals surface area contributed by atoms with Crippen LogP contribution in [0.2, 0.25) is 5.02 Å². The fourth-order valence-corrected chi connectivity index (χ4v) is 7.21. The number of nitrogens with one attached hydrogen (secondary N) is 1. The smallest absolute Gasteiger partial charge is 0.410 e. The summed E-state index contributed by atoms with van der Waals surface area (Å²) in [5, 5.41) is 0.492. The van der Waals surface area contributed by atoms with E-state index in [1.54, 1.807) is 17.3 Å². The molecule has 2 bridgehead atoms. The predicted molar refractivity (Wildman–Crippen MR) is 163 cm³/mol. The van der Waals surface area contributed by atoms with Crippen LogP contribution in [-0.4, -0.2) is 92.1 Å². The Morgan fingerprint density at radius 3 is 2.75 bits per heavy atom. The molecule has 1 N–H and O–H groups in total. The van der Waals surface area contributed by atoms with Gasteiger partial charge < -0.3 is 24.3 Å². The number of carbonyl (C=O) groups is 3. The molecule has 12 heteroatoms. The fourth-order valence-electron chi connectivity index (χ4n) is 7.02. The Morgan fingerprint density at radius 2 is 2.00 bits per heavy atom. The SMILES string of the molecule is CC(C)(C)OC(=O)N1CCOCC1c1cc(-c2cnc3[nH]cc(Cl)c3n2)cc2c1CN(C(=O)N1CC3CCC1CC3=O)CC2. The molecule has 3 atom stereocenters. The molecule has 3 saturated heterocycles. The predicted octanol–water partition coefficient (Wildman–Crippen LogP) is 5.12. The minimum absolute atomic E-state index is 0.0183. The number of halogens is 1. The number of piperidine rings is 2. The first-order valence-electron chi connectivity index (χ1n) is 15.4. The summed E-state index contributed by atoms with van der Waals surface area (Å²) in [6, 6.07) is 3.70. The van der Waals surface area contributed by atoms with Gasteiger partial charge in [-0.15, -0.1) is 0 Å². The Hall–Kier alpha value is -3.70. The average molecular weight is 621 g/mol. The summed E-state index contributed by atoms with van der Waals surface area (Å²) in [5.41, 5.74) is 5.06. The Kier molecular flexibility index (Phi) is 7.28. The van der Waals surface area contributed by atoms with Crippen molar-refractivity contribution in [2.45, 2.75) is 70.7 Å². The third kappa shape index (κ3) is 5.30. The first-order chi connectivity index (χ1) is 21.1. The van der Waals surface area contributed by atoms with Crippen molar-refractivity contribution in [3.8, 4) is 11.3 Å². The van der Waals surface area contributed by atoms with Gasteiger partial charge in [-0.3, -0.25) is 9.69 Å². The number of aromatic nitrogens is 3. The minimum atomic E-state index is -0.652. The molecule has 0 radical (unpaired) electrons. The van der Waals surface area contributed by atoms with Crippen LogP contribution >= 0.6 is 11.6 Å². The van der Waals surface area contributed by atoms with Crippen molar-refractivity contribution in [1.29, 1.82) is 0 Å². The molecule has 1 aliphatic carbocycles. The molecule has 5 aliphatic rings. The Balaban J connectivity index is 1.27. The second-order valence-electron chi connectivity index (χ2n) is 13.3. The van der Waals surface area contributed by atoms with Crippen LogP contribution in [0.25, 0.3) is 22.4 Å². The zero-order valence-electron chi connectivity index (χ0n) is 25.3. The van der Waals surface area contributed by atoms with E-state index in [2.05, 4.69) is 16.0 Å². The van der Waals surface area contributed by atoms with Crippen molar-refractivity contribution < 1.29 is 23.9 Å². The molecule has 3 amide bonds. The van der Waals surface area contributed by atoms with E-state index in [4.69, 9.17) is 26.1 Å². The average Bonchev–Trinajstić information content (AvgIpc) is 3.39. The van der Waals surface area contributed by atoms with E-state index in [-0.39, 0.29) is 23.8 Å². The quantitative estimate of drug-likeness (QED) is 0.422. The van der Waals surface area contributed by atoms with Crippen molar-refractivity contribution in [2.24, 2.45) is 5.92 Å². The molecule has 11 nitrogen and oxygen atoms in total. The second kappa shape index (κ2) is 11.0. The molecular formula is C32H37ClN6O5. The normalized spacial score (nSPS) is 23.7. The van der Waals surface area contributed by atoms with Gasteiger partial charge in [0, 0.05) is 56.3 Å². The maximum absolute atomic E-state index is 13.9. The number of ketones is 1. The van der Waals surface area contributed by atoms with Gasteiger partial charge in [0.05, 0.1) is 36.2 Å². The molecule has 4 fully saturated rings. The molecule has 232 valence electrons. The van der Waals surface area contributed by atoms with Gasteiger partial charge in [0.1, 0.15) is 16.9 Å². The van der Waals surface area contributed by atoms with E-state index in [9.17, 15) is 14.4 Å². The molecule has 3 unspecified atom stereocenters. The third-order valence-electron chi connectivity index (χ3n) is 9.24. The number of hydrogen-bond acceptors (Lipinski definition) is 7. The largest absolute Gasteiger partial charge is 0.444 e. The van der Waals surface area contributed by atoms with Crippen LogP contribution in [0.4, 0.5) is 9.59 Å². The molecular weight excluding hydrogens is 584 g/mol. The highest BCUT2D eigenvalue weighted by Gasteiger charge is 2.43. The topological polar surface area (TPSA) is 121 Å². The van der Waals surface area contributed by atoms with Gasteiger partial charge in [0.25, 0.3) is 0 Å². The number of urea groups is 1. The summed E-state index contributed by atoms with van der Waals surface area (Å²) < 4.78 is 11.7. The first-order valence-corrected chi connectivity index (χ1v) is 15.7. The molecule has 44 heavy (non-hydrogen) atoms. The highest BCUT2D eigenvalue weighted by Crippen LogP contribution is 2.38. The Morgan fingerprint density at radius 1 is 1.16 bits per heavy atom. The summed E-state index contributed by atoms with van der Waals surface area (Å²) in [5.74, 6) is 0.235. The molecule has 6 heterocycles. The van der Waals surface area contributed by atoms with E-state index >= 15 is 0 Å². The van der Waals surface area contributed by atoms with Crippen molar-refractivity contribution in [1.82, 2.24) is 29.7 Å². The van der Waals surface area contributed by atoms with E-state index in [0.29, 0.717) is 74.1 Å². The van der Waals surface area contributed by atoms with Crippen LogP contribution in [0, 0.1) is 5.92 Å². The highest BCUT2D eigenvalue weighted by molar-refractivity contribution is 6.34. The number of aromatic amines is 1. The molecule has 3 aromatic rings. The molecule has 0 spiro atoms. The second-order valence-corrected chi connectivity index (χ2v) is 13.7. The Labute approximate surface area is 260 Å². The number of morpholine rings is 1. The van der Waals surface area contributed by atoms with Gasteiger partial charge in [-0.2, -0.15) is 0 Å². The number of amides is 3. The van der Waals surface area contributed by atoms with Gasteiger partial charge >= 0.3 is 12.1 Å². The molecule has 1 saturated carbocycles. The van der Waals surface area contributed by atoms with Gasteiger partial charge in [0.2, 0.25) is 0 Å². The minimum Gasteiger partial charge on any atom is -0.444 e. The summed E-state index contributed by atoms with van der Waals surface area (Å²) >= 11 is 6.38. The van der Waals surface area contributed by atoms with E-state index in [1.807, 2.05) is 36.6 Å². The Bertz CT molecular complexity index is 1650. The number of rotatable bonds is 2. The zero-order valence-corrected chi connectivity index (χ0v) is 26.0. The van der Waals surface area contributed by atoms with Crippen LogP contribution in [0.5, 0.6) is 0 Å². The van der Waals surface area contributed by atoms with Crippen molar-refractivity contribution in [2.75, 3.05) is 32.8 Å². The van der Waals surface area contributed by atoms with E-state index in [0.717, 1.165) is 35.1 Å². The number of carbonyl (C=O) groups excluding carboxylic acids is 3. The summed E-state index contributed by atoms with van der Waals surface area (Å²) in [6.45, 7) is 8.12. The zero-order chi connectivity index (χ0) is 30.7. The number of hydrogen-bond donors (Lipinski definition) is 1. The van der Waals surface area contributed by atoms with Crippen molar-refractivity contribution in [3.63, 3.8) is 0 Å². The van der Waals surface area contributed by atoms with Crippen LogP contribution < -0.4 is 0 Å². The third-order valence-corrected chi connectivity index (χ3v) is 9.53.